The van der Waals surface area contributed by atoms with Crippen molar-refractivity contribution in [2.24, 2.45) is 0 Å². The third-order valence-electron chi connectivity index (χ3n) is 5.13. The number of rotatable bonds is 8. The molecule has 0 radical (unpaired) electrons. The molecule has 1 aromatic heterocycles. The molecule has 0 saturated carbocycles. The van der Waals surface area contributed by atoms with Gasteiger partial charge in [-0.25, -0.2) is 12.7 Å². The second-order valence-corrected chi connectivity index (χ2v) is 9.61. The SMILES string of the molecule is C=CCn1c(C(=O)NC[C@@H](C)c2ccccc2)cc2cc(S(=O)(=O)N(C)C)ccc21. The van der Waals surface area contributed by atoms with E-state index in [-0.39, 0.29) is 16.7 Å². The summed E-state index contributed by atoms with van der Waals surface area (Å²) < 4.78 is 27.9. The van der Waals surface area contributed by atoms with Crippen molar-refractivity contribution in [2.45, 2.75) is 24.3 Å². The molecule has 1 atom stereocenters. The molecule has 3 aromatic rings. The van der Waals surface area contributed by atoms with Crippen LogP contribution in [-0.2, 0) is 16.6 Å². The summed E-state index contributed by atoms with van der Waals surface area (Å²) >= 11 is 0. The average molecular weight is 426 g/mol. The maximum absolute atomic E-state index is 12.9. The standard InChI is InChI=1S/C23H27N3O3S/c1-5-13-26-21-12-11-20(30(28,29)25(3)4)14-19(21)15-22(26)23(27)24-16-17(2)18-9-7-6-8-10-18/h5-12,14-15,17H,1,13,16H2,2-4H3,(H,24,27)/t17-/m1/s1. The molecular weight excluding hydrogens is 398 g/mol. The number of hydrogen-bond acceptors (Lipinski definition) is 3. The minimum atomic E-state index is -3.55. The molecule has 0 bridgehead atoms. The second kappa shape index (κ2) is 8.85. The fourth-order valence-corrected chi connectivity index (χ4v) is 4.31. The number of fused-ring (bicyclic) bond motifs is 1. The van der Waals surface area contributed by atoms with Gasteiger partial charge >= 0.3 is 0 Å². The maximum Gasteiger partial charge on any atom is 0.267 e. The van der Waals surface area contributed by atoms with E-state index in [9.17, 15) is 13.2 Å². The van der Waals surface area contributed by atoms with Crippen molar-refractivity contribution in [3.63, 3.8) is 0 Å². The Balaban J connectivity index is 1.91. The topological polar surface area (TPSA) is 71.4 Å². The van der Waals surface area contributed by atoms with Crippen molar-refractivity contribution >= 4 is 26.8 Å². The van der Waals surface area contributed by atoms with Gasteiger partial charge in [-0.3, -0.25) is 4.79 Å². The molecule has 0 fully saturated rings. The number of sulfonamides is 1. The summed E-state index contributed by atoms with van der Waals surface area (Å²) in [5.41, 5.74) is 2.42. The van der Waals surface area contributed by atoms with Crippen LogP contribution in [0.5, 0.6) is 0 Å². The molecule has 1 amide bonds. The van der Waals surface area contributed by atoms with E-state index in [1.165, 1.54) is 18.4 Å². The Kier molecular flexibility index (Phi) is 6.43. The molecule has 0 aliphatic carbocycles. The Hall–Kier alpha value is -2.90. The molecule has 158 valence electrons. The lowest BCUT2D eigenvalue weighted by molar-refractivity contribution is 0.0943. The van der Waals surface area contributed by atoms with E-state index in [0.717, 1.165) is 11.1 Å². The molecule has 0 aliphatic rings. The average Bonchev–Trinajstić information content (AvgIpc) is 3.10. The number of carbonyl (C=O) groups is 1. The van der Waals surface area contributed by atoms with Crippen LogP contribution >= 0.6 is 0 Å². The Labute approximate surface area is 177 Å². The summed E-state index contributed by atoms with van der Waals surface area (Å²) in [6.45, 7) is 6.79. The van der Waals surface area contributed by atoms with Crippen LogP contribution in [-0.4, -0.2) is 43.8 Å². The first-order chi connectivity index (χ1) is 14.3. The van der Waals surface area contributed by atoms with Crippen LogP contribution in [0.1, 0.15) is 28.9 Å². The number of allylic oxidation sites excluding steroid dienone is 1. The van der Waals surface area contributed by atoms with Gasteiger partial charge in [0, 0.05) is 38.1 Å². The molecule has 30 heavy (non-hydrogen) atoms. The van der Waals surface area contributed by atoms with Gasteiger partial charge in [0.05, 0.1) is 4.90 Å². The van der Waals surface area contributed by atoms with Gasteiger partial charge in [-0.2, -0.15) is 0 Å². The third kappa shape index (κ3) is 4.32. The number of hydrogen-bond donors (Lipinski definition) is 1. The zero-order valence-electron chi connectivity index (χ0n) is 17.5. The molecule has 0 saturated heterocycles. The Morgan fingerprint density at radius 3 is 2.50 bits per heavy atom. The minimum absolute atomic E-state index is 0.171. The van der Waals surface area contributed by atoms with Crippen molar-refractivity contribution in [3.05, 3.63) is 78.5 Å². The first-order valence-corrected chi connectivity index (χ1v) is 11.2. The van der Waals surface area contributed by atoms with Crippen molar-refractivity contribution in [1.82, 2.24) is 14.2 Å². The molecule has 1 heterocycles. The van der Waals surface area contributed by atoms with E-state index >= 15 is 0 Å². The van der Waals surface area contributed by atoms with Crippen LogP contribution < -0.4 is 5.32 Å². The molecule has 0 spiro atoms. The van der Waals surface area contributed by atoms with Crippen LogP contribution in [0.25, 0.3) is 10.9 Å². The molecule has 3 rings (SSSR count). The fourth-order valence-electron chi connectivity index (χ4n) is 3.37. The Morgan fingerprint density at radius 1 is 1.17 bits per heavy atom. The summed E-state index contributed by atoms with van der Waals surface area (Å²) in [5, 5.41) is 3.69. The normalized spacial score (nSPS) is 12.8. The lowest BCUT2D eigenvalue weighted by Crippen LogP contribution is -2.29. The molecular formula is C23H27N3O3S. The monoisotopic (exact) mass is 425 g/mol. The van der Waals surface area contributed by atoms with Gasteiger partial charge in [0.1, 0.15) is 5.69 Å². The van der Waals surface area contributed by atoms with E-state index in [1.807, 2.05) is 34.9 Å². The van der Waals surface area contributed by atoms with E-state index in [2.05, 4.69) is 18.8 Å². The summed E-state index contributed by atoms with van der Waals surface area (Å²) in [5.74, 6) is -0.0305. The first kappa shape index (κ1) is 21.8. The van der Waals surface area contributed by atoms with Crippen LogP contribution in [0.2, 0.25) is 0 Å². The fraction of sp³-hybridized carbons (Fsp3) is 0.261. The highest BCUT2D eigenvalue weighted by atomic mass is 32.2. The van der Waals surface area contributed by atoms with Crippen molar-refractivity contribution in [2.75, 3.05) is 20.6 Å². The lowest BCUT2D eigenvalue weighted by atomic mass is 10.0. The van der Waals surface area contributed by atoms with Gasteiger partial charge in [-0.15, -0.1) is 6.58 Å². The summed E-state index contributed by atoms with van der Waals surface area (Å²) in [4.78, 5) is 13.1. The van der Waals surface area contributed by atoms with Crippen LogP contribution in [0.4, 0.5) is 0 Å². The van der Waals surface area contributed by atoms with Crippen LogP contribution in [0.15, 0.2) is 72.1 Å². The molecule has 0 unspecified atom stereocenters. The number of nitrogens with one attached hydrogen (secondary N) is 1. The van der Waals surface area contributed by atoms with Gasteiger partial charge in [0.2, 0.25) is 10.0 Å². The van der Waals surface area contributed by atoms with Gasteiger partial charge in [0.25, 0.3) is 5.91 Å². The highest BCUT2D eigenvalue weighted by molar-refractivity contribution is 7.89. The minimum Gasteiger partial charge on any atom is -0.350 e. The first-order valence-electron chi connectivity index (χ1n) is 9.75. The largest absolute Gasteiger partial charge is 0.350 e. The molecule has 1 N–H and O–H groups in total. The van der Waals surface area contributed by atoms with Crippen LogP contribution in [0.3, 0.4) is 0 Å². The van der Waals surface area contributed by atoms with E-state index in [1.54, 1.807) is 30.3 Å². The highest BCUT2D eigenvalue weighted by Crippen LogP contribution is 2.25. The van der Waals surface area contributed by atoms with Crippen LogP contribution in [0, 0.1) is 0 Å². The number of amides is 1. The number of nitrogens with zero attached hydrogens (tertiary/aromatic N) is 2. The van der Waals surface area contributed by atoms with Gasteiger partial charge < -0.3 is 9.88 Å². The van der Waals surface area contributed by atoms with E-state index in [0.29, 0.717) is 24.2 Å². The molecule has 0 aliphatic heterocycles. The number of carbonyl (C=O) groups excluding carboxylic acids is 1. The Bertz CT molecular complexity index is 1170. The quantitative estimate of drug-likeness (QED) is 0.561. The van der Waals surface area contributed by atoms with Crippen molar-refractivity contribution < 1.29 is 13.2 Å². The zero-order valence-corrected chi connectivity index (χ0v) is 18.3. The van der Waals surface area contributed by atoms with E-state index < -0.39 is 10.0 Å². The number of benzene rings is 2. The van der Waals surface area contributed by atoms with E-state index in [4.69, 9.17) is 0 Å². The third-order valence-corrected chi connectivity index (χ3v) is 6.94. The lowest BCUT2D eigenvalue weighted by Gasteiger charge is -2.14. The van der Waals surface area contributed by atoms with Gasteiger partial charge in [-0.1, -0.05) is 43.3 Å². The smallest absolute Gasteiger partial charge is 0.267 e. The zero-order chi connectivity index (χ0) is 21.9. The number of aromatic nitrogens is 1. The molecule has 7 heteroatoms. The second-order valence-electron chi connectivity index (χ2n) is 7.46. The molecule has 2 aromatic carbocycles. The Morgan fingerprint density at radius 2 is 1.87 bits per heavy atom. The van der Waals surface area contributed by atoms with Crippen molar-refractivity contribution in [1.29, 1.82) is 0 Å². The maximum atomic E-state index is 12.9. The van der Waals surface area contributed by atoms with Gasteiger partial charge in [-0.05, 0) is 35.7 Å². The summed E-state index contributed by atoms with van der Waals surface area (Å²) in [7, 11) is -0.563. The summed E-state index contributed by atoms with van der Waals surface area (Å²) in [6.07, 6.45) is 1.72. The van der Waals surface area contributed by atoms with Gasteiger partial charge in [0.15, 0.2) is 0 Å². The predicted octanol–water partition coefficient (Wildman–Crippen LogP) is 3.61. The summed E-state index contributed by atoms with van der Waals surface area (Å²) in [6, 6.07) is 16.6. The highest BCUT2D eigenvalue weighted by Gasteiger charge is 2.21. The molecule has 6 nitrogen and oxygen atoms in total. The predicted molar refractivity (Wildman–Crippen MR) is 120 cm³/mol. The van der Waals surface area contributed by atoms with Crippen molar-refractivity contribution in [3.8, 4) is 0 Å².